The third-order valence-electron chi connectivity index (χ3n) is 5.11. The van der Waals surface area contributed by atoms with Crippen LogP contribution in [0, 0.1) is 0 Å². The van der Waals surface area contributed by atoms with E-state index in [1.54, 1.807) is 0 Å². The minimum Gasteiger partial charge on any atom is -0.365 e. The average Bonchev–Trinajstić information content (AvgIpc) is 3.32. The van der Waals surface area contributed by atoms with Gasteiger partial charge in [0.25, 0.3) is 11.8 Å². The molecule has 2 aromatic rings. The molecule has 2 aliphatic rings. The van der Waals surface area contributed by atoms with Crippen molar-refractivity contribution in [3.8, 4) is 0 Å². The van der Waals surface area contributed by atoms with Crippen LogP contribution in [0.15, 0.2) is 30.3 Å². The number of amides is 5. The van der Waals surface area contributed by atoms with Gasteiger partial charge in [-0.25, -0.2) is 4.79 Å². The van der Waals surface area contributed by atoms with Gasteiger partial charge in [-0.1, -0.05) is 30.3 Å². The average molecular weight is 412 g/mol. The fourth-order valence-corrected chi connectivity index (χ4v) is 5.09. The number of urea groups is 1. The first-order chi connectivity index (χ1) is 13.9. The van der Waals surface area contributed by atoms with Gasteiger partial charge in [-0.15, -0.1) is 11.3 Å². The number of carbonyl (C=O) groups is 4. The predicted molar refractivity (Wildman–Crippen MR) is 108 cm³/mol. The summed E-state index contributed by atoms with van der Waals surface area (Å²) in [5, 5.41) is 5.67. The Bertz CT molecular complexity index is 1000. The van der Waals surface area contributed by atoms with Crippen LogP contribution in [0.3, 0.4) is 0 Å². The molecule has 0 spiro atoms. The van der Waals surface area contributed by atoms with Gasteiger partial charge in [0.1, 0.15) is 17.6 Å². The Kier molecular flexibility index (Phi) is 5.06. The number of hydrogen-bond acceptors (Lipinski definition) is 5. The van der Waals surface area contributed by atoms with Crippen molar-refractivity contribution in [3.63, 3.8) is 0 Å². The van der Waals surface area contributed by atoms with Gasteiger partial charge in [-0.2, -0.15) is 0 Å². The number of nitrogens with one attached hydrogen (secondary N) is 2. The molecule has 1 aliphatic heterocycles. The largest absolute Gasteiger partial charge is 0.365 e. The molecule has 0 saturated carbocycles. The number of hydrogen-bond donors (Lipinski definition) is 3. The van der Waals surface area contributed by atoms with Crippen molar-refractivity contribution in [2.75, 3.05) is 11.9 Å². The molecule has 29 heavy (non-hydrogen) atoms. The fourth-order valence-electron chi connectivity index (χ4n) is 3.78. The number of imide groups is 1. The Morgan fingerprint density at radius 3 is 2.69 bits per heavy atom. The van der Waals surface area contributed by atoms with Crippen LogP contribution >= 0.6 is 11.3 Å². The SMILES string of the molecule is NC(=O)c1c(NC(=O)CN2C(=O)N[C@H](Cc3ccccc3)C2=O)sc2c1CCC2. The second-order valence-corrected chi connectivity index (χ2v) is 8.20. The molecule has 0 unspecified atom stereocenters. The number of nitrogens with zero attached hydrogens (tertiary/aromatic N) is 1. The lowest BCUT2D eigenvalue weighted by Gasteiger charge is -2.13. The molecule has 4 rings (SSSR count). The Morgan fingerprint density at radius 2 is 1.97 bits per heavy atom. The number of aryl methyl sites for hydroxylation is 1. The molecule has 4 N–H and O–H groups in total. The summed E-state index contributed by atoms with van der Waals surface area (Å²) in [5.41, 5.74) is 7.65. The van der Waals surface area contributed by atoms with Gasteiger partial charge in [0, 0.05) is 11.3 Å². The van der Waals surface area contributed by atoms with E-state index in [2.05, 4.69) is 10.6 Å². The van der Waals surface area contributed by atoms with Crippen LogP contribution in [-0.2, 0) is 28.9 Å². The highest BCUT2D eigenvalue weighted by atomic mass is 32.1. The molecule has 1 aromatic carbocycles. The molecular weight excluding hydrogens is 392 g/mol. The van der Waals surface area contributed by atoms with Crippen LogP contribution in [0.1, 0.15) is 32.8 Å². The van der Waals surface area contributed by atoms with Crippen LogP contribution in [0.4, 0.5) is 9.80 Å². The zero-order valence-electron chi connectivity index (χ0n) is 15.6. The zero-order chi connectivity index (χ0) is 20.5. The van der Waals surface area contributed by atoms with E-state index in [1.165, 1.54) is 11.3 Å². The molecule has 5 amide bonds. The number of carbonyl (C=O) groups excluding carboxylic acids is 4. The first-order valence-electron chi connectivity index (χ1n) is 9.34. The zero-order valence-corrected chi connectivity index (χ0v) is 16.4. The summed E-state index contributed by atoms with van der Waals surface area (Å²) in [6.45, 7) is -0.420. The van der Waals surface area contributed by atoms with Crippen molar-refractivity contribution >= 4 is 40.1 Å². The molecule has 9 heteroatoms. The minimum atomic E-state index is -0.704. The van der Waals surface area contributed by atoms with Crippen molar-refractivity contribution in [1.29, 1.82) is 0 Å². The van der Waals surface area contributed by atoms with Crippen molar-refractivity contribution < 1.29 is 19.2 Å². The number of anilines is 1. The topological polar surface area (TPSA) is 122 Å². The number of rotatable bonds is 6. The minimum absolute atomic E-state index is 0.343. The van der Waals surface area contributed by atoms with Crippen molar-refractivity contribution in [1.82, 2.24) is 10.2 Å². The van der Waals surface area contributed by atoms with Crippen LogP contribution in [0.5, 0.6) is 0 Å². The Balaban J connectivity index is 1.43. The second kappa shape index (κ2) is 7.67. The standard InChI is InChI=1S/C20H20N4O4S/c21-17(26)16-12-7-4-8-14(12)29-18(16)23-15(25)10-24-19(27)13(22-20(24)28)9-11-5-2-1-3-6-11/h1-3,5-6,13H,4,7-10H2,(H2,21,26)(H,22,28)(H,23,25)/t13-/m1/s1. The summed E-state index contributed by atoms with van der Waals surface area (Å²) in [6.07, 6.45) is 2.92. The van der Waals surface area contributed by atoms with E-state index in [4.69, 9.17) is 5.73 Å². The molecule has 150 valence electrons. The number of benzene rings is 1. The maximum absolute atomic E-state index is 12.6. The van der Waals surface area contributed by atoms with E-state index in [1.807, 2.05) is 30.3 Å². The van der Waals surface area contributed by atoms with E-state index in [-0.39, 0.29) is 0 Å². The molecule has 1 aromatic heterocycles. The lowest BCUT2D eigenvalue weighted by molar-refractivity contribution is -0.130. The van der Waals surface area contributed by atoms with E-state index in [9.17, 15) is 19.2 Å². The summed E-state index contributed by atoms with van der Waals surface area (Å²) in [5.74, 6) is -1.58. The maximum atomic E-state index is 12.6. The summed E-state index contributed by atoms with van der Waals surface area (Å²) >= 11 is 1.33. The lowest BCUT2D eigenvalue weighted by Crippen LogP contribution is -2.38. The van der Waals surface area contributed by atoms with Crippen LogP contribution in [0.25, 0.3) is 0 Å². The van der Waals surface area contributed by atoms with Crippen molar-refractivity contribution in [3.05, 3.63) is 51.9 Å². The van der Waals surface area contributed by atoms with Gasteiger partial charge in [-0.3, -0.25) is 19.3 Å². The van der Waals surface area contributed by atoms with Crippen molar-refractivity contribution in [2.45, 2.75) is 31.7 Å². The molecule has 1 fully saturated rings. The van der Waals surface area contributed by atoms with Gasteiger partial charge in [-0.05, 0) is 30.4 Å². The molecular formula is C20H20N4O4S. The molecule has 2 heterocycles. The van der Waals surface area contributed by atoms with Gasteiger partial charge >= 0.3 is 6.03 Å². The first-order valence-corrected chi connectivity index (χ1v) is 10.2. The Hall–Kier alpha value is -3.20. The summed E-state index contributed by atoms with van der Waals surface area (Å²) < 4.78 is 0. The van der Waals surface area contributed by atoms with Gasteiger partial charge in [0.2, 0.25) is 5.91 Å². The highest BCUT2D eigenvalue weighted by Crippen LogP contribution is 2.38. The molecule has 0 bridgehead atoms. The van der Waals surface area contributed by atoms with E-state index < -0.39 is 36.3 Å². The van der Waals surface area contributed by atoms with Gasteiger partial charge in [0.15, 0.2) is 0 Å². The van der Waals surface area contributed by atoms with E-state index >= 15 is 0 Å². The van der Waals surface area contributed by atoms with Crippen LogP contribution in [-0.4, -0.2) is 41.2 Å². The molecule has 1 aliphatic carbocycles. The van der Waals surface area contributed by atoms with Crippen LogP contribution in [0.2, 0.25) is 0 Å². The fraction of sp³-hybridized carbons (Fsp3) is 0.300. The Morgan fingerprint density at radius 1 is 1.21 bits per heavy atom. The number of nitrogens with two attached hydrogens (primary N) is 1. The van der Waals surface area contributed by atoms with Crippen molar-refractivity contribution in [2.24, 2.45) is 5.73 Å². The number of primary amides is 1. The lowest BCUT2D eigenvalue weighted by atomic mass is 10.1. The van der Waals surface area contributed by atoms with E-state index in [0.29, 0.717) is 17.0 Å². The van der Waals surface area contributed by atoms with Gasteiger partial charge < -0.3 is 16.4 Å². The maximum Gasteiger partial charge on any atom is 0.325 e. The van der Waals surface area contributed by atoms with Gasteiger partial charge in [0.05, 0.1) is 5.56 Å². The predicted octanol–water partition coefficient (Wildman–Crippen LogP) is 1.44. The third kappa shape index (κ3) is 3.73. The van der Waals surface area contributed by atoms with E-state index in [0.717, 1.165) is 40.2 Å². The quantitative estimate of drug-likeness (QED) is 0.622. The third-order valence-corrected chi connectivity index (χ3v) is 6.32. The molecule has 8 nitrogen and oxygen atoms in total. The highest BCUT2D eigenvalue weighted by molar-refractivity contribution is 7.17. The monoisotopic (exact) mass is 412 g/mol. The number of fused-ring (bicyclic) bond motifs is 1. The van der Waals surface area contributed by atoms with Crippen LogP contribution < -0.4 is 16.4 Å². The summed E-state index contributed by atoms with van der Waals surface area (Å²) in [4.78, 5) is 51.1. The first kappa shape index (κ1) is 19.1. The summed E-state index contributed by atoms with van der Waals surface area (Å²) in [7, 11) is 0. The molecule has 0 radical (unpaired) electrons. The molecule has 1 atom stereocenters. The summed E-state index contributed by atoms with van der Waals surface area (Å²) in [6, 6.07) is 8.02. The molecule has 1 saturated heterocycles. The normalized spacial score (nSPS) is 17.9. The second-order valence-electron chi connectivity index (χ2n) is 7.09. The smallest absolute Gasteiger partial charge is 0.325 e. The number of thiophene rings is 1. The highest BCUT2D eigenvalue weighted by Gasteiger charge is 2.39. The Labute approximate surface area is 171 Å².